The number of aromatic nitrogens is 1. The van der Waals surface area contributed by atoms with E-state index in [1.165, 1.54) is 0 Å². The van der Waals surface area contributed by atoms with Crippen LogP contribution in [0.3, 0.4) is 0 Å². The first kappa shape index (κ1) is 22.6. The molecular weight excluding hydrogens is 506 g/mol. The van der Waals surface area contributed by atoms with Crippen LogP contribution < -0.4 is 9.47 Å². The molecule has 1 heterocycles. The van der Waals surface area contributed by atoms with Crippen molar-refractivity contribution < 1.29 is 18.7 Å². The molecule has 5 aromatic rings. The van der Waals surface area contributed by atoms with Crippen molar-refractivity contribution in [3.63, 3.8) is 0 Å². The average Bonchev–Trinajstić information content (AvgIpc) is 3.35. The molecule has 0 amide bonds. The lowest BCUT2D eigenvalue weighted by atomic mass is 10.0. The van der Waals surface area contributed by atoms with Crippen LogP contribution in [0.25, 0.3) is 34.0 Å². The highest BCUT2D eigenvalue weighted by molar-refractivity contribution is 9.10. The van der Waals surface area contributed by atoms with Crippen molar-refractivity contribution >= 4 is 21.9 Å². The SMILES string of the molecule is COc1ccc(OC(=O)c2ccccc2)c(-c2nc(-c3ccccc3)oc2-c2ccc(Br)cc2)c1. The van der Waals surface area contributed by atoms with Gasteiger partial charge in [0.05, 0.1) is 18.2 Å². The quantitative estimate of drug-likeness (QED) is 0.168. The predicted octanol–water partition coefficient (Wildman–Crippen LogP) is 7.67. The van der Waals surface area contributed by atoms with Gasteiger partial charge >= 0.3 is 5.97 Å². The highest BCUT2D eigenvalue weighted by atomic mass is 79.9. The summed E-state index contributed by atoms with van der Waals surface area (Å²) >= 11 is 3.48. The summed E-state index contributed by atoms with van der Waals surface area (Å²) in [4.78, 5) is 17.7. The van der Waals surface area contributed by atoms with Crippen LogP contribution in [0.4, 0.5) is 0 Å². The first-order chi connectivity index (χ1) is 17.1. The van der Waals surface area contributed by atoms with E-state index in [1.54, 1.807) is 49.6 Å². The van der Waals surface area contributed by atoms with Crippen LogP contribution in [-0.4, -0.2) is 18.1 Å². The fraction of sp³-hybridized carbons (Fsp3) is 0.0345. The summed E-state index contributed by atoms with van der Waals surface area (Å²) in [5.41, 5.74) is 3.25. The molecule has 0 fully saturated rings. The Hall–Kier alpha value is -4.16. The maximum absolute atomic E-state index is 12.9. The molecule has 172 valence electrons. The topological polar surface area (TPSA) is 61.6 Å². The molecule has 6 heteroatoms. The van der Waals surface area contributed by atoms with Crippen molar-refractivity contribution in [3.05, 3.63) is 113 Å². The zero-order chi connectivity index (χ0) is 24.2. The number of halogens is 1. The Kier molecular flexibility index (Phi) is 6.46. The summed E-state index contributed by atoms with van der Waals surface area (Å²) in [6.45, 7) is 0. The smallest absolute Gasteiger partial charge is 0.343 e. The van der Waals surface area contributed by atoms with E-state index >= 15 is 0 Å². The number of hydrogen-bond donors (Lipinski definition) is 0. The third-order valence-corrected chi connectivity index (χ3v) is 5.94. The van der Waals surface area contributed by atoms with Crippen LogP contribution in [0.5, 0.6) is 11.5 Å². The molecular formula is C29H20BrNO4. The minimum absolute atomic E-state index is 0.353. The zero-order valence-electron chi connectivity index (χ0n) is 18.8. The van der Waals surface area contributed by atoms with Gasteiger partial charge in [0.1, 0.15) is 17.2 Å². The van der Waals surface area contributed by atoms with Gasteiger partial charge in [0.2, 0.25) is 5.89 Å². The lowest BCUT2D eigenvalue weighted by Gasteiger charge is -2.11. The number of oxazole rings is 1. The summed E-state index contributed by atoms with van der Waals surface area (Å²) in [7, 11) is 1.59. The standard InChI is InChI=1S/C29H20BrNO4/c1-33-23-16-17-25(34-29(32)21-10-6-3-7-11-21)24(18-23)26-27(19-12-14-22(30)15-13-19)35-28(31-26)20-8-4-2-5-9-20/h2-18H,1H3. The van der Waals surface area contributed by atoms with E-state index in [1.807, 2.05) is 60.7 Å². The lowest BCUT2D eigenvalue weighted by Crippen LogP contribution is -2.09. The minimum atomic E-state index is -0.464. The van der Waals surface area contributed by atoms with Crippen LogP contribution in [0.15, 0.2) is 112 Å². The van der Waals surface area contributed by atoms with Crippen molar-refractivity contribution in [2.24, 2.45) is 0 Å². The predicted molar refractivity (Wildman–Crippen MR) is 138 cm³/mol. The van der Waals surface area contributed by atoms with Gasteiger partial charge in [-0.05, 0) is 54.6 Å². The van der Waals surface area contributed by atoms with Crippen molar-refractivity contribution in [3.8, 4) is 45.5 Å². The average molecular weight is 526 g/mol. The molecule has 0 unspecified atom stereocenters. The molecule has 1 aromatic heterocycles. The van der Waals surface area contributed by atoms with Gasteiger partial charge < -0.3 is 13.9 Å². The molecule has 0 bridgehead atoms. The molecule has 5 rings (SSSR count). The van der Waals surface area contributed by atoms with Gasteiger partial charge in [-0.3, -0.25) is 0 Å². The maximum Gasteiger partial charge on any atom is 0.343 e. The number of hydrogen-bond acceptors (Lipinski definition) is 5. The Morgan fingerprint density at radius 3 is 2.20 bits per heavy atom. The first-order valence-electron chi connectivity index (χ1n) is 10.9. The third-order valence-electron chi connectivity index (χ3n) is 5.41. The minimum Gasteiger partial charge on any atom is -0.497 e. The molecule has 0 aliphatic carbocycles. The summed E-state index contributed by atoms with van der Waals surface area (Å²) in [5.74, 6) is 1.51. The molecule has 0 aliphatic heterocycles. The summed E-state index contributed by atoms with van der Waals surface area (Å²) in [5, 5.41) is 0. The summed E-state index contributed by atoms with van der Waals surface area (Å²) in [6, 6.07) is 31.5. The second kappa shape index (κ2) is 9.99. The number of nitrogens with zero attached hydrogens (tertiary/aromatic N) is 1. The Labute approximate surface area is 211 Å². The van der Waals surface area contributed by atoms with E-state index in [-0.39, 0.29) is 0 Å². The van der Waals surface area contributed by atoms with Crippen molar-refractivity contribution in [2.45, 2.75) is 0 Å². The maximum atomic E-state index is 12.9. The van der Waals surface area contributed by atoms with Crippen LogP contribution in [0.1, 0.15) is 10.4 Å². The Balaban J connectivity index is 1.67. The normalized spacial score (nSPS) is 10.7. The first-order valence-corrected chi connectivity index (χ1v) is 11.7. The highest BCUT2D eigenvalue weighted by Crippen LogP contribution is 2.41. The number of benzene rings is 4. The summed E-state index contributed by atoms with van der Waals surface area (Å²) < 4.78 is 18.5. The number of rotatable bonds is 6. The van der Waals surface area contributed by atoms with E-state index < -0.39 is 5.97 Å². The van der Waals surface area contributed by atoms with Crippen molar-refractivity contribution in [1.29, 1.82) is 0 Å². The molecule has 0 saturated heterocycles. The van der Waals surface area contributed by atoms with E-state index in [0.717, 1.165) is 15.6 Å². The second-order valence-corrected chi connectivity index (χ2v) is 8.60. The van der Waals surface area contributed by atoms with Crippen molar-refractivity contribution in [2.75, 3.05) is 7.11 Å². The molecule has 4 aromatic carbocycles. The Morgan fingerprint density at radius 1 is 0.829 bits per heavy atom. The number of esters is 1. The van der Waals surface area contributed by atoms with E-state index in [4.69, 9.17) is 18.9 Å². The molecule has 0 atom stereocenters. The fourth-order valence-electron chi connectivity index (χ4n) is 3.65. The second-order valence-electron chi connectivity index (χ2n) is 7.69. The molecule has 0 spiro atoms. The number of ether oxygens (including phenoxy) is 2. The van der Waals surface area contributed by atoms with Gasteiger partial charge in [-0.2, -0.15) is 0 Å². The fourth-order valence-corrected chi connectivity index (χ4v) is 3.91. The lowest BCUT2D eigenvalue weighted by molar-refractivity contribution is 0.0735. The Morgan fingerprint density at radius 2 is 1.51 bits per heavy atom. The van der Waals surface area contributed by atoms with Crippen LogP contribution in [0.2, 0.25) is 0 Å². The van der Waals surface area contributed by atoms with Gasteiger partial charge in [-0.25, -0.2) is 9.78 Å². The molecule has 0 N–H and O–H groups in total. The zero-order valence-corrected chi connectivity index (χ0v) is 20.4. The van der Waals surface area contributed by atoms with Crippen LogP contribution in [0, 0.1) is 0 Å². The molecule has 0 radical (unpaired) electrons. The molecule has 0 saturated carbocycles. The highest BCUT2D eigenvalue weighted by Gasteiger charge is 2.23. The molecule has 5 nitrogen and oxygen atoms in total. The molecule has 35 heavy (non-hydrogen) atoms. The monoisotopic (exact) mass is 525 g/mol. The van der Waals surface area contributed by atoms with Gasteiger partial charge in [-0.15, -0.1) is 0 Å². The van der Waals surface area contributed by atoms with Gasteiger partial charge in [0, 0.05) is 15.6 Å². The Bertz CT molecular complexity index is 1460. The van der Waals surface area contributed by atoms with Crippen LogP contribution >= 0.6 is 15.9 Å². The van der Waals surface area contributed by atoms with E-state index in [0.29, 0.717) is 40.0 Å². The third kappa shape index (κ3) is 4.88. The van der Waals surface area contributed by atoms with Gasteiger partial charge in [0.25, 0.3) is 0 Å². The number of carbonyl (C=O) groups is 1. The van der Waals surface area contributed by atoms with Crippen molar-refractivity contribution in [1.82, 2.24) is 4.98 Å². The largest absolute Gasteiger partial charge is 0.497 e. The van der Waals surface area contributed by atoms with Gasteiger partial charge in [0.15, 0.2) is 5.76 Å². The number of carbonyl (C=O) groups excluding carboxylic acids is 1. The van der Waals surface area contributed by atoms with Gasteiger partial charge in [-0.1, -0.05) is 64.5 Å². The van der Waals surface area contributed by atoms with E-state index in [9.17, 15) is 4.79 Å². The summed E-state index contributed by atoms with van der Waals surface area (Å²) in [6.07, 6.45) is 0. The number of methoxy groups -OCH3 is 1. The van der Waals surface area contributed by atoms with Crippen LogP contribution in [-0.2, 0) is 0 Å². The van der Waals surface area contributed by atoms with E-state index in [2.05, 4.69) is 15.9 Å². The molecule has 0 aliphatic rings.